The number of aryl methyl sites for hydroxylation is 1. The Kier molecular flexibility index (Phi) is 11.1. The molecule has 2 N–H and O–H groups in total. The third-order valence-corrected chi connectivity index (χ3v) is 8.61. The van der Waals surface area contributed by atoms with E-state index in [-0.39, 0.29) is 55.5 Å². The Bertz CT molecular complexity index is 1570. The second kappa shape index (κ2) is 14.6. The lowest BCUT2D eigenvalue weighted by Gasteiger charge is -2.20. The monoisotopic (exact) mass is 647 g/mol. The van der Waals surface area contributed by atoms with Crippen LogP contribution in [-0.4, -0.2) is 80.2 Å². The Morgan fingerprint density at radius 3 is 2.31 bits per heavy atom. The first kappa shape index (κ1) is 34.2. The number of amides is 2. The number of hydrogen-bond acceptors (Lipinski definition) is 11. The van der Waals surface area contributed by atoms with E-state index in [1.165, 1.54) is 40.0 Å². The number of urea groups is 1. The van der Waals surface area contributed by atoms with Gasteiger partial charge in [-0.05, 0) is 38.0 Å². The number of fused-ring (bicyclic) bond motifs is 1. The van der Waals surface area contributed by atoms with Gasteiger partial charge in [-0.3, -0.25) is 23.2 Å². The van der Waals surface area contributed by atoms with E-state index >= 15 is 0 Å². The van der Waals surface area contributed by atoms with E-state index in [1.807, 2.05) is 27.7 Å². The highest BCUT2D eigenvalue weighted by molar-refractivity contribution is 7.48. The molecule has 246 valence electrons. The van der Waals surface area contributed by atoms with E-state index in [0.29, 0.717) is 42.5 Å². The van der Waals surface area contributed by atoms with Crippen LogP contribution < -0.4 is 10.5 Å². The van der Waals surface area contributed by atoms with E-state index in [9.17, 15) is 18.9 Å². The molecule has 2 amide bonds. The molecule has 4 heterocycles. The van der Waals surface area contributed by atoms with Crippen LogP contribution in [0.1, 0.15) is 63.1 Å². The molecule has 3 aromatic rings. The van der Waals surface area contributed by atoms with Crippen LogP contribution in [-0.2, 0) is 29.7 Å². The molecule has 1 saturated heterocycles. The molecular weight excluding hydrogens is 605 g/mol. The zero-order chi connectivity index (χ0) is 32.9. The van der Waals surface area contributed by atoms with Gasteiger partial charge in [-0.2, -0.15) is 5.10 Å². The molecule has 1 atom stereocenters. The van der Waals surface area contributed by atoms with Crippen molar-refractivity contribution < 1.29 is 37.3 Å². The number of hydrogen-bond donors (Lipinski definition) is 1. The molecule has 1 unspecified atom stereocenters. The zero-order valence-electron chi connectivity index (χ0n) is 26.6. The minimum Gasteiger partial charge on any atom is -0.494 e. The predicted octanol–water partition coefficient (Wildman–Crippen LogP) is 4.29. The fourth-order valence-corrected chi connectivity index (χ4v) is 6.41. The van der Waals surface area contributed by atoms with Crippen molar-refractivity contribution in [2.45, 2.75) is 60.6 Å². The minimum atomic E-state index is -4.05. The lowest BCUT2D eigenvalue weighted by atomic mass is 9.90. The molecule has 15 nitrogen and oxygen atoms in total. The van der Waals surface area contributed by atoms with Crippen molar-refractivity contribution in [3.05, 3.63) is 30.1 Å². The van der Waals surface area contributed by atoms with Crippen molar-refractivity contribution in [3.8, 4) is 11.6 Å². The Labute approximate surface area is 262 Å². The average molecular weight is 648 g/mol. The topological polar surface area (TPSA) is 183 Å². The highest BCUT2D eigenvalue weighted by Crippen LogP contribution is 2.51. The van der Waals surface area contributed by atoms with Gasteiger partial charge < -0.3 is 19.9 Å². The normalized spacial score (nSPS) is 16.0. The van der Waals surface area contributed by atoms with Crippen LogP contribution in [0.2, 0.25) is 0 Å². The number of Topliss-reactive ketones (excluding diaryl/α,β-unsaturated/α-hetero) is 2. The van der Waals surface area contributed by atoms with E-state index in [2.05, 4.69) is 15.1 Å². The SMILES string of the molecule is COc1cnc(-n2cnc(C)n2)c2c1c(C(=O)C(=O)C1CCCN(C(N)=O)CC1)cn2COP(=O)(OCC(C)C)OCC(C)C. The lowest BCUT2D eigenvalue weighted by Crippen LogP contribution is -2.36. The number of likely N-dealkylation sites (tertiary alicyclic amines) is 1. The Balaban J connectivity index is 1.78. The van der Waals surface area contributed by atoms with Crippen molar-refractivity contribution in [2.75, 3.05) is 33.4 Å². The molecule has 0 aliphatic carbocycles. The van der Waals surface area contributed by atoms with E-state index in [1.54, 1.807) is 6.92 Å². The highest BCUT2D eigenvalue weighted by atomic mass is 31.2. The number of primary amides is 1. The molecule has 0 bridgehead atoms. The van der Waals surface area contributed by atoms with Gasteiger partial charge in [0.2, 0.25) is 11.6 Å². The van der Waals surface area contributed by atoms with Crippen LogP contribution in [0.5, 0.6) is 5.75 Å². The van der Waals surface area contributed by atoms with Crippen LogP contribution in [0.4, 0.5) is 4.79 Å². The fraction of sp³-hybridized carbons (Fsp3) is 0.586. The number of ketones is 2. The van der Waals surface area contributed by atoms with Crippen LogP contribution in [0.25, 0.3) is 16.7 Å². The first-order valence-corrected chi connectivity index (χ1v) is 16.4. The molecule has 4 rings (SSSR count). The summed E-state index contributed by atoms with van der Waals surface area (Å²) in [4.78, 5) is 49.5. The summed E-state index contributed by atoms with van der Waals surface area (Å²) in [5.41, 5.74) is 5.83. The number of aromatic nitrogens is 5. The summed E-state index contributed by atoms with van der Waals surface area (Å²) >= 11 is 0. The van der Waals surface area contributed by atoms with Crippen LogP contribution >= 0.6 is 7.82 Å². The van der Waals surface area contributed by atoms with E-state index < -0.39 is 31.3 Å². The number of nitrogens with zero attached hydrogens (tertiary/aromatic N) is 6. The molecule has 1 fully saturated rings. The average Bonchev–Trinajstić information content (AvgIpc) is 3.51. The Morgan fingerprint density at radius 2 is 1.73 bits per heavy atom. The second-order valence-corrected chi connectivity index (χ2v) is 13.5. The number of carbonyl (C=O) groups is 3. The number of phosphoric acid groups is 1. The van der Waals surface area contributed by atoms with Gasteiger partial charge in [0.1, 0.15) is 30.1 Å². The standard InChI is InChI=1S/C29H42N7O8P/c1-18(2)14-42-45(40,43-15-19(3)4)44-17-35-13-22(27(38)26(37)21-8-7-10-34(11-9-21)29(30)39)24-23(41-6)12-31-28(25(24)35)36-16-32-20(5)33-36/h12-13,16,18-19,21H,7-11,14-15,17H2,1-6H3,(H2,30,39). The van der Waals surface area contributed by atoms with Gasteiger partial charge >= 0.3 is 13.9 Å². The first-order chi connectivity index (χ1) is 21.3. The molecule has 0 spiro atoms. The quantitative estimate of drug-likeness (QED) is 0.150. The van der Waals surface area contributed by atoms with Crippen molar-refractivity contribution in [2.24, 2.45) is 23.5 Å². The third-order valence-electron chi connectivity index (χ3n) is 7.25. The Morgan fingerprint density at radius 1 is 1.04 bits per heavy atom. The number of rotatable bonds is 14. The largest absolute Gasteiger partial charge is 0.494 e. The lowest BCUT2D eigenvalue weighted by molar-refractivity contribution is -0.119. The molecule has 16 heteroatoms. The summed E-state index contributed by atoms with van der Waals surface area (Å²) < 4.78 is 39.3. The molecule has 0 saturated carbocycles. The first-order valence-electron chi connectivity index (χ1n) is 14.9. The molecule has 1 aliphatic rings. The number of ether oxygens (including phenoxy) is 1. The van der Waals surface area contributed by atoms with Gasteiger partial charge in [-0.1, -0.05) is 27.7 Å². The molecular formula is C29H42N7O8P. The summed E-state index contributed by atoms with van der Waals surface area (Å²) in [5.74, 6) is -0.833. The maximum atomic E-state index is 14.0. The number of methoxy groups -OCH3 is 1. The highest BCUT2D eigenvalue weighted by Gasteiger charge is 2.34. The second-order valence-electron chi connectivity index (χ2n) is 11.9. The van der Waals surface area contributed by atoms with E-state index in [0.717, 1.165) is 0 Å². The zero-order valence-corrected chi connectivity index (χ0v) is 27.5. The number of carbonyl (C=O) groups excluding carboxylic acids is 3. The maximum absolute atomic E-state index is 14.0. The van der Waals surface area contributed by atoms with Gasteiger partial charge in [-0.15, -0.1) is 0 Å². The number of pyridine rings is 1. The van der Waals surface area contributed by atoms with Gasteiger partial charge in [0.25, 0.3) is 0 Å². The number of nitrogens with two attached hydrogens (primary N) is 1. The van der Waals surface area contributed by atoms with Crippen molar-refractivity contribution >= 4 is 36.3 Å². The fourth-order valence-electron chi connectivity index (χ4n) is 4.96. The molecule has 0 aromatic carbocycles. The smallest absolute Gasteiger partial charge is 0.476 e. The van der Waals surface area contributed by atoms with Crippen LogP contribution in [0.3, 0.4) is 0 Å². The van der Waals surface area contributed by atoms with Gasteiger partial charge in [-0.25, -0.2) is 24.0 Å². The summed E-state index contributed by atoms with van der Waals surface area (Å²) in [6.07, 6.45) is 5.62. The van der Waals surface area contributed by atoms with Gasteiger partial charge in [0.05, 0.1) is 37.5 Å². The minimum absolute atomic E-state index is 0.0490. The molecule has 3 aromatic heterocycles. The predicted molar refractivity (Wildman–Crippen MR) is 164 cm³/mol. The van der Waals surface area contributed by atoms with E-state index in [4.69, 9.17) is 24.0 Å². The summed E-state index contributed by atoms with van der Waals surface area (Å²) in [7, 11) is -2.62. The molecule has 0 radical (unpaired) electrons. The van der Waals surface area contributed by atoms with Crippen molar-refractivity contribution in [3.63, 3.8) is 0 Å². The summed E-state index contributed by atoms with van der Waals surface area (Å²) in [6.45, 7) is 9.93. The van der Waals surface area contributed by atoms with Crippen molar-refractivity contribution in [1.29, 1.82) is 0 Å². The van der Waals surface area contributed by atoms with Crippen LogP contribution in [0.15, 0.2) is 18.7 Å². The number of phosphoric ester groups is 1. The summed E-state index contributed by atoms with van der Waals surface area (Å²) in [6, 6.07) is -0.558. The maximum Gasteiger partial charge on any atom is 0.476 e. The summed E-state index contributed by atoms with van der Waals surface area (Å²) in [5, 5.41) is 4.68. The van der Waals surface area contributed by atoms with Gasteiger partial charge in [0.15, 0.2) is 5.82 Å². The van der Waals surface area contributed by atoms with Crippen LogP contribution in [0, 0.1) is 24.7 Å². The molecule has 1 aliphatic heterocycles. The Hall–Kier alpha value is -3.65. The van der Waals surface area contributed by atoms with Gasteiger partial charge in [0, 0.05) is 25.2 Å². The van der Waals surface area contributed by atoms with Crippen molar-refractivity contribution in [1.82, 2.24) is 29.2 Å². The third kappa shape index (κ3) is 8.15. The molecule has 45 heavy (non-hydrogen) atoms.